The number of furan rings is 1. The largest absolute Gasteiger partial charge is 0.472 e. The van der Waals surface area contributed by atoms with Gasteiger partial charge in [-0.15, -0.1) is 0 Å². The Labute approximate surface area is 111 Å². The van der Waals surface area contributed by atoms with Gasteiger partial charge < -0.3 is 14.5 Å². The third-order valence-electron chi connectivity index (χ3n) is 3.09. The summed E-state index contributed by atoms with van der Waals surface area (Å²) < 4.78 is 11.0. The summed E-state index contributed by atoms with van der Waals surface area (Å²) >= 11 is 0. The molecule has 0 saturated carbocycles. The van der Waals surface area contributed by atoms with Gasteiger partial charge in [-0.2, -0.15) is 0 Å². The minimum atomic E-state index is 0.293. The van der Waals surface area contributed by atoms with Crippen molar-refractivity contribution in [3.8, 4) is 0 Å². The maximum Gasteiger partial charge on any atom is 0.0935 e. The summed E-state index contributed by atoms with van der Waals surface area (Å²) in [6, 6.07) is 2.41. The summed E-state index contributed by atoms with van der Waals surface area (Å²) in [6.07, 6.45) is 8.24. The minimum Gasteiger partial charge on any atom is -0.472 e. The highest BCUT2D eigenvalue weighted by Crippen LogP contribution is 2.13. The Hall–Kier alpha value is -0.800. The van der Waals surface area contributed by atoms with Crippen molar-refractivity contribution in [3.05, 3.63) is 24.2 Å². The summed E-state index contributed by atoms with van der Waals surface area (Å²) in [5.74, 6) is 0. The van der Waals surface area contributed by atoms with Crippen LogP contribution in [0.4, 0.5) is 0 Å². The molecule has 2 unspecified atom stereocenters. The van der Waals surface area contributed by atoms with Crippen molar-refractivity contribution < 1.29 is 9.15 Å². The second-order valence-corrected chi connectivity index (χ2v) is 4.68. The van der Waals surface area contributed by atoms with E-state index in [4.69, 9.17) is 9.15 Å². The quantitative estimate of drug-likeness (QED) is 0.694. The van der Waals surface area contributed by atoms with Crippen molar-refractivity contribution in [1.29, 1.82) is 0 Å². The Morgan fingerprint density at radius 1 is 1.28 bits per heavy atom. The van der Waals surface area contributed by atoms with Gasteiger partial charge >= 0.3 is 0 Å². The molecule has 0 amide bonds. The topological polar surface area (TPSA) is 34.4 Å². The monoisotopic (exact) mass is 253 g/mol. The number of hydrogen-bond acceptors (Lipinski definition) is 3. The first-order valence-corrected chi connectivity index (χ1v) is 7.17. The molecular formula is C15H27NO2. The van der Waals surface area contributed by atoms with Crippen molar-refractivity contribution >= 4 is 0 Å². The fourth-order valence-corrected chi connectivity index (χ4v) is 2.23. The Kier molecular flexibility index (Phi) is 7.78. The number of hydrogen-bond donors (Lipinski definition) is 1. The van der Waals surface area contributed by atoms with Crippen LogP contribution in [-0.4, -0.2) is 25.3 Å². The highest BCUT2D eigenvalue weighted by molar-refractivity contribution is 5.08. The fraction of sp³-hybridized carbons (Fsp3) is 0.733. The molecule has 1 rings (SSSR count). The highest BCUT2D eigenvalue weighted by Gasteiger charge is 2.21. The molecule has 2 atom stereocenters. The van der Waals surface area contributed by atoms with Crippen LogP contribution in [-0.2, 0) is 11.2 Å². The molecule has 18 heavy (non-hydrogen) atoms. The third kappa shape index (κ3) is 5.23. The van der Waals surface area contributed by atoms with E-state index in [1.807, 2.05) is 12.3 Å². The van der Waals surface area contributed by atoms with E-state index in [1.165, 1.54) is 5.56 Å². The summed E-state index contributed by atoms with van der Waals surface area (Å²) in [5.41, 5.74) is 1.24. The van der Waals surface area contributed by atoms with Crippen LogP contribution in [0.5, 0.6) is 0 Å². The van der Waals surface area contributed by atoms with E-state index in [-0.39, 0.29) is 0 Å². The third-order valence-corrected chi connectivity index (χ3v) is 3.09. The summed E-state index contributed by atoms with van der Waals surface area (Å²) in [7, 11) is 0. The van der Waals surface area contributed by atoms with Crippen molar-refractivity contribution in [2.24, 2.45) is 0 Å². The standard InChI is InChI=1S/C15H27NO2/c1-4-7-15(18-6-3)14(16-9-5-2)11-13-8-10-17-12-13/h8,10,12,14-16H,4-7,9,11H2,1-3H3. The van der Waals surface area contributed by atoms with Crippen LogP contribution in [0.25, 0.3) is 0 Å². The van der Waals surface area contributed by atoms with Crippen LogP contribution in [0.1, 0.15) is 45.6 Å². The Morgan fingerprint density at radius 3 is 2.67 bits per heavy atom. The lowest BCUT2D eigenvalue weighted by molar-refractivity contribution is 0.0281. The molecule has 0 saturated heterocycles. The number of rotatable bonds is 10. The second kappa shape index (κ2) is 9.17. The van der Waals surface area contributed by atoms with Crippen molar-refractivity contribution in [2.75, 3.05) is 13.2 Å². The molecule has 1 N–H and O–H groups in total. The van der Waals surface area contributed by atoms with E-state index in [0.717, 1.165) is 38.8 Å². The van der Waals surface area contributed by atoms with E-state index in [2.05, 4.69) is 26.1 Å². The van der Waals surface area contributed by atoms with Crippen LogP contribution in [0, 0.1) is 0 Å². The van der Waals surface area contributed by atoms with Gasteiger partial charge in [-0.1, -0.05) is 20.3 Å². The van der Waals surface area contributed by atoms with Gasteiger partial charge in [-0.3, -0.25) is 0 Å². The smallest absolute Gasteiger partial charge is 0.0935 e. The Morgan fingerprint density at radius 2 is 2.11 bits per heavy atom. The summed E-state index contributed by atoms with van der Waals surface area (Å²) in [5, 5.41) is 3.61. The van der Waals surface area contributed by atoms with Crippen molar-refractivity contribution in [1.82, 2.24) is 5.32 Å². The molecular weight excluding hydrogens is 226 g/mol. The van der Waals surface area contributed by atoms with Crippen LogP contribution in [0.2, 0.25) is 0 Å². The zero-order chi connectivity index (χ0) is 13.2. The van der Waals surface area contributed by atoms with Crippen molar-refractivity contribution in [3.63, 3.8) is 0 Å². The normalized spacial score (nSPS) is 14.6. The number of nitrogens with one attached hydrogen (secondary N) is 1. The van der Waals surface area contributed by atoms with Gasteiger partial charge in [0.15, 0.2) is 0 Å². The van der Waals surface area contributed by atoms with Crippen LogP contribution < -0.4 is 5.32 Å². The molecule has 3 nitrogen and oxygen atoms in total. The second-order valence-electron chi connectivity index (χ2n) is 4.68. The van der Waals surface area contributed by atoms with Crippen LogP contribution >= 0.6 is 0 Å². The van der Waals surface area contributed by atoms with Gasteiger partial charge in [0.1, 0.15) is 0 Å². The van der Waals surface area contributed by atoms with Gasteiger partial charge in [0.2, 0.25) is 0 Å². The first kappa shape index (κ1) is 15.3. The molecule has 0 aliphatic heterocycles. The van der Waals surface area contributed by atoms with Crippen molar-refractivity contribution in [2.45, 2.75) is 58.6 Å². The lowest BCUT2D eigenvalue weighted by Gasteiger charge is -2.27. The zero-order valence-electron chi connectivity index (χ0n) is 11.9. The lowest BCUT2D eigenvalue weighted by Crippen LogP contribution is -2.43. The van der Waals surface area contributed by atoms with Gasteiger partial charge in [0.25, 0.3) is 0 Å². The molecule has 0 bridgehead atoms. The maximum absolute atomic E-state index is 5.90. The summed E-state index contributed by atoms with van der Waals surface area (Å²) in [6.45, 7) is 8.28. The molecule has 0 radical (unpaired) electrons. The average Bonchev–Trinajstić information content (AvgIpc) is 2.87. The van der Waals surface area contributed by atoms with E-state index in [0.29, 0.717) is 12.1 Å². The summed E-state index contributed by atoms with van der Waals surface area (Å²) in [4.78, 5) is 0. The predicted molar refractivity (Wildman–Crippen MR) is 74.8 cm³/mol. The minimum absolute atomic E-state index is 0.293. The number of ether oxygens (including phenoxy) is 1. The van der Waals surface area contributed by atoms with Gasteiger partial charge in [0, 0.05) is 12.6 Å². The molecule has 3 heteroatoms. The first-order chi connectivity index (χ1) is 8.81. The zero-order valence-corrected chi connectivity index (χ0v) is 11.9. The molecule has 1 aromatic heterocycles. The van der Waals surface area contributed by atoms with E-state index in [1.54, 1.807) is 6.26 Å². The van der Waals surface area contributed by atoms with E-state index in [9.17, 15) is 0 Å². The molecule has 0 aliphatic carbocycles. The van der Waals surface area contributed by atoms with Crippen LogP contribution in [0.3, 0.4) is 0 Å². The lowest BCUT2D eigenvalue weighted by atomic mass is 9.99. The van der Waals surface area contributed by atoms with Gasteiger partial charge in [-0.25, -0.2) is 0 Å². The maximum atomic E-state index is 5.90. The molecule has 1 heterocycles. The molecule has 104 valence electrons. The molecule has 0 aliphatic rings. The SMILES string of the molecule is CCCNC(Cc1ccoc1)C(CCC)OCC. The molecule has 0 spiro atoms. The predicted octanol–water partition coefficient (Wildman–Crippen LogP) is 3.40. The highest BCUT2D eigenvalue weighted by atomic mass is 16.5. The average molecular weight is 253 g/mol. The van der Waals surface area contributed by atoms with Gasteiger partial charge in [0.05, 0.1) is 18.6 Å². The Bertz CT molecular complexity index is 279. The van der Waals surface area contributed by atoms with E-state index >= 15 is 0 Å². The molecule has 0 fully saturated rings. The Balaban J connectivity index is 2.61. The van der Waals surface area contributed by atoms with Crippen LogP contribution in [0.15, 0.2) is 23.0 Å². The first-order valence-electron chi connectivity index (χ1n) is 7.17. The van der Waals surface area contributed by atoms with Gasteiger partial charge in [-0.05, 0) is 44.4 Å². The fourth-order valence-electron chi connectivity index (χ4n) is 2.23. The molecule has 1 aromatic rings. The molecule has 0 aromatic carbocycles. The van der Waals surface area contributed by atoms with E-state index < -0.39 is 0 Å².